The molecule has 0 unspecified atom stereocenters. The molecule has 0 radical (unpaired) electrons. The summed E-state index contributed by atoms with van der Waals surface area (Å²) in [5.41, 5.74) is 0. The molecule has 0 heterocycles. The molecule has 86 valence electrons. The van der Waals surface area contributed by atoms with E-state index in [1.165, 1.54) is 0 Å². The lowest BCUT2D eigenvalue weighted by atomic mass is 10.3. The summed E-state index contributed by atoms with van der Waals surface area (Å²) in [4.78, 5) is 29.0. The number of nitrogens with zero attached hydrogens (tertiary/aromatic N) is 2. The first-order chi connectivity index (χ1) is 6.99. The molecule has 0 amide bonds. The van der Waals surface area contributed by atoms with Crippen LogP contribution < -0.4 is 0 Å². The van der Waals surface area contributed by atoms with Gasteiger partial charge in [-0.05, 0) is 6.42 Å². The smallest absolute Gasteiger partial charge is 0.461 e. The third kappa shape index (κ3) is 5.55. The summed E-state index contributed by atoms with van der Waals surface area (Å²) < 4.78 is 4.57. The van der Waals surface area contributed by atoms with Gasteiger partial charge in [-0.15, -0.1) is 0 Å². The highest BCUT2D eigenvalue weighted by molar-refractivity contribution is 5.69. The zero-order valence-electron chi connectivity index (χ0n) is 8.25. The van der Waals surface area contributed by atoms with E-state index in [1.54, 1.807) is 0 Å². The number of hydrogen-bond donors (Lipinski definition) is 0. The van der Waals surface area contributed by atoms with E-state index >= 15 is 0 Å². The highest BCUT2D eigenvalue weighted by Gasteiger charge is 2.35. The molecular formula is C7H12N2O6. The molecule has 8 nitrogen and oxygen atoms in total. The van der Waals surface area contributed by atoms with Crippen LogP contribution in [0.2, 0.25) is 0 Å². The normalized spacial score (nSPS) is 10.0. The van der Waals surface area contributed by atoms with Crippen LogP contribution >= 0.6 is 0 Å². The van der Waals surface area contributed by atoms with Gasteiger partial charge in [-0.3, -0.25) is 25.0 Å². The van der Waals surface area contributed by atoms with E-state index in [2.05, 4.69) is 4.74 Å². The van der Waals surface area contributed by atoms with Gasteiger partial charge >= 0.3 is 12.1 Å². The summed E-state index contributed by atoms with van der Waals surface area (Å²) >= 11 is 0. The number of ether oxygens (including phenoxy) is 1. The van der Waals surface area contributed by atoms with Crippen molar-refractivity contribution < 1.29 is 19.4 Å². The number of nitro groups is 2. The van der Waals surface area contributed by atoms with Crippen LogP contribution in [0.15, 0.2) is 0 Å². The van der Waals surface area contributed by atoms with E-state index < -0.39 is 28.4 Å². The largest absolute Gasteiger partial charge is 0.465 e. The first-order valence-electron chi connectivity index (χ1n) is 4.41. The average Bonchev–Trinajstić information content (AvgIpc) is 2.13. The Kier molecular flexibility index (Phi) is 5.91. The molecule has 0 aliphatic rings. The fourth-order valence-corrected chi connectivity index (χ4v) is 0.764. The molecule has 0 rings (SSSR count). The van der Waals surface area contributed by atoms with E-state index in [0.717, 1.165) is 6.42 Å². The maximum atomic E-state index is 10.9. The third-order valence-electron chi connectivity index (χ3n) is 1.60. The molecule has 0 aromatic rings. The summed E-state index contributed by atoms with van der Waals surface area (Å²) in [5, 5.41) is 20.3. The van der Waals surface area contributed by atoms with Crippen LogP contribution in [0.3, 0.4) is 0 Å². The second kappa shape index (κ2) is 6.68. The molecule has 0 aliphatic carbocycles. The fraction of sp³-hybridized carbons (Fsp3) is 0.857. The summed E-state index contributed by atoms with van der Waals surface area (Å²) in [7, 11) is 0. The van der Waals surface area contributed by atoms with E-state index in [0.29, 0.717) is 6.42 Å². The van der Waals surface area contributed by atoms with Crippen LogP contribution in [0.25, 0.3) is 0 Å². The number of rotatable bonds is 7. The fourth-order valence-electron chi connectivity index (χ4n) is 0.764. The van der Waals surface area contributed by atoms with Crippen molar-refractivity contribution in [3.8, 4) is 0 Å². The summed E-state index contributed by atoms with van der Waals surface area (Å²) in [6, 6.07) is 0. The Balaban J connectivity index is 4.01. The lowest BCUT2D eigenvalue weighted by Gasteiger charge is -2.03. The minimum Gasteiger partial charge on any atom is -0.465 e. The Morgan fingerprint density at radius 3 is 2.27 bits per heavy atom. The molecule has 0 saturated carbocycles. The van der Waals surface area contributed by atoms with Crippen LogP contribution in [0.5, 0.6) is 0 Å². The van der Waals surface area contributed by atoms with Crippen molar-refractivity contribution in [2.45, 2.75) is 32.4 Å². The van der Waals surface area contributed by atoms with Gasteiger partial charge in [0.2, 0.25) is 0 Å². The second-order valence-electron chi connectivity index (χ2n) is 2.83. The maximum absolute atomic E-state index is 10.9. The van der Waals surface area contributed by atoms with Crippen molar-refractivity contribution in [3.05, 3.63) is 20.2 Å². The first-order valence-corrected chi connectivity index (χ1v) is 4.41. The number of carbonyl (C=O) groups excluding carboxylic acids is 1. The minimum atomic E-state index is -2.11. The van der Waals surface area contributed by atoms with Crippen LogP contribution in [0.1, 0.15) is 26.2 Å². The Bertz CT molecular complexity index is 240. The predicted molar refractivity (Wildman–Crippen MR) is 48.3 cm³/mol. The number of esters is 1. The van der Waals surface area contributed by atoms with E-state index in [-0.39, 0.29) is 6.61 Å². The van der Waals surface area contributed by atoms with Crippen molar-refractivity contribution in [3.63, 3.8) is 0 Å². The van der Waals surface area contributed by atoms with E-state index in [9.17, 15) is 25.0 Å². The SMILES string of the molecule is CCCCOC(=O)CC([N+](=O)[O-])[N+](=O)[O-]. The first kappa shape index (κ1) is 13.3. The Hall–Kier alpha value is -1.73. The van der Waals surface area contributed by atoms with Gasteiger partial charge in [0.25, 0.3) is 0 Å². The molecule has 0 aliphatic heterocycles. The Morgan fingerprint density at radius 1 is 1.33 bits per heavy atom. The average molecular weight is 220 g/mol. The molecule has 8 heteroatoms. The summed E-state index contributed by atoms with van der Waals surface area (Å²) in [6.07, 6.45) is -1.50. The molecule has 0 spiro atoms. The zero-order chi connectivity index (χ0) is 11.8. The topological polar surface area (TPSA) is 113 Å². The number of carbonyl (C=O) groups is 1. The standard InChI is InChI=1S/C7H12N2O6/c1-2-3-4-15-7(10)5-6(8(11)12)9(13)14/h6H,2-5H2,1H3. The molecule has 0 aromatic carbocycles. The van der Waals surface area contributed by atoms with Gasteiger partial charge in [0.05, 0.1) is 16.5 Å². The molecule has 0 aromatic heterocycles. The van der Waals surface area contributed by atoms with Gasteiger partial charge in [0.1, 0.15) is 0 Å². The molecule has 0 fully saturated rings. The van der Waals surface area contributed by atoms with Crippen molar-refractivity contribution in [2.24, 2.45) is 0 Å². The van der Waals surface area contributed by atoms with Gasteiger partial charge in [0, 0.05) is 0 Å². The van der Waals surface area contributed by atoms with Crippen molar-refractivity contribution in [1.82, 2.24) is 0 Å². The minimum absolute atomic E-state index is 0.136. The number of hydrogen-bond acceptors (Lipinski definition) is 6. The molecule has 0 N–H and O–H groups in total. The highest BCUT2D eigenvalue weighted by Crippen LogP contribution is 2.01. The maximum Gasteiger partial charge on any atom is 0.461 e. The van der Waals surface area contributed by atoms with Gasteiger partial charge in [-0.2, -0.15) is 0 Å². The van der Waals surface area contributed by atoms with E-state index in [1.807, 2.05) is 6.92 Å². The van der Waals surface area contributed by atoms with Crippen LogP contribution in [0.4, 0.5) is 0 Å². The lowest BCUT2D eigenvalue weighted by Crippen LogP contribution is -2.32. The second-order valence-corrected chi connectivity index (χ2v) is 2.83. The van der Waals surface area contributed by atoms with Gasteiger partial charge < -0.3 is 4.74 Å². The van der Waals surface area contributed by atoms with Crippen molar-refractivity contribution >= 4 is 5.97 Å². The Morgan fingerprint density at radius 2 is 1.87 bits per heavy atom. The summed E-state index contributed by atoms with van der Waals surface area (Å²) in [6.45, 7) is 2.02. The van der Waals surface area contributed by atoms with Gasteiger partial charge in [0.15, 0.2) is 6.42 Å². The monoisotopic (exact) mass is 220 g/mol. The quantitative estimate of drug-likeness (QED) is 0.204. The highest BCUT2D eigenvalue weighted by atomic mass is 16.7. The van der Waals surface area contributed by atoms with Crippen LogP contribution in [0, 0.1) is 20.2 Å². The molecular weight excluding hydrogens is 208 g/mol. The molecule has 0 bridgehead atoms. The number of unbranched alkanes of at least 4 members (excludes halogenated alkanes) is 1. The van der Waals surface area contributed by atoms with Crippen LogP contribution in [-0.2, 0) is 9.53 Å². The Labute approximate surface area is 85.5 Å². The molecule has 15 heavy (non-hydrogen) atoms. The lowest BCUT2D eigenvalue weighted by molar-refractivity contribution is -0.740. The zero-order valence-corrected chi connectivity index (χ0v) is 8.25. The third-order valence-corrected chi connectivity index (χ3v) is 1.60. The van der Waals surface area contributed by atoms with Crippen molar-refractivity contribution in [1.29, 1.82) is 0 Å². The summed E-state index contributed by atoms with van der Waals surface area (Å²) in [5.74, 6) is -0.915. The van der Waals surface area contributed by atoms with Gasteiger partial charge in [-0.1, -0.05) is 13.3 Å². The molecule has 0 saturated heterocycles. The van der Waals surface area contributed by atoms with Gasteiger partial charge in [-0.25, -0.2) is 0 Å². The van der Waals surface area contributed by atoms with E-state index in [4.69, 9.17) is 0 Å². The predicted octanol–water partition coefficient (Wildman–Crippen LogP) is 0.599. The van der Waals surface area contributed by atoms with Crippen molar-refractivity contribution in [2.75, 3.05) is 6.61 Å². The molecule has 0 atom stereocenters. The van der Waals surface area contributed by atoms with Crippen LogP contribution in [-0.4, -0.2) is 28.6 Å².